The molecule has 2 atom stereocenters. The summed E-state index contributed by atoms with van der Waals surface area (Å²) in [5, 5.41) is 6.07. The molecule has 222 valence electrons. The monoisotopic (exact) mass is 581 g/mol. The normalized spacial score (nSPS) is 18.0. The number of carbonyl (C=O) groups is 2. The summed E-state index contributed by atoms with van der Waals surface area (Å²) in [6.45, 7) is 3.80. The summed E-state index contributed by atoms with van der Waals surface area (Å²) in [5.74, 6) is 1.86. The predicted octanol–water partition coefficient (Wildman–Crippen LogP) is 5.05. The number of allylic oxidation sites excluding steroid dienone is 1. The average Bonchev–Trinajstić information content (AvgIpc) is 3.02. The fourth-order valence-corrected chi connectivity index (χ4v) is 5.38. The Hall–Kier alpha value is -5.19. The number of para-hydroxylation sites is 2. The molecule has 5 rings (SSSR count). The second kappa shape index (κ2) is 13.2. The van der Waals surface area contributed by atoms with E-state index in [9.17, 15) is 9.59 Å². The number of anilines is 4. The summed E-state index contributed by atoms with van der Waals surface area (Å²) in [7, 11) is 3.16. The van der Waals surface area contributed by atoms with Gasteiger partial charge in [-0.1, -0.05) is 18.7 Å². The van der Waals surface area contributed by atoms with Crippen LogP contribution in [0.4, 0.5) is 23.0 Å². The molecule has 3 aromatic rings. The van der Waals surface area contributed by atoms with Gasteiger partial charge in [0.05, 0.1) is 43.5 Å². The number of hydrogen-bond donors (Lipinski definition) is 3. The van der Waals surface area contributed by atoms with Crippen LogP contribution in [0.5, 0.6) is 11.5 Å². The number of amides is 2. The van der Waals surface area contributed by atoms with E-state index in [-0.39, 0.29) is 30.2 Å². The van der Waals surface area contributed by atoms with Crippen molar-refractivity contribution >= 4 is 41.0 Å². The second-order valence-electron chi connectivity index (χ2n) is 10.4. The molecule has 2 amide bonds. The molecular formula is C32H35N7O4. The molecule has 2 unspecified atom stereocenters. The first-order valence-electron chi connectivity index (χ1n) is 14.0. The van der Waals surface area contributed by atoms with Gasteiger partial charge >= 0.3 is 0 Å². The number of benzene rings is 2. The highest BCUT2D eigenvalue weighted by atomic mass is 16.5. The zero-order valence-electron chi connectivity index (χ0n) is 24.2. The Morgan fingerprint density at radius 3 is 2.60 bits per heavy atom. The minimum atomic E-state index is -0.323. The van der Waals surface area contributed by atoms with Gasteiger partial charge < -0.3 is 30.7 Å². The molecule has 11 heteroatoms. The number of methoxy groups -OCH3 is 2. The molecule has 2 aliphatic heterocycles. The van der Waals surface area contributed by atoms with Crippen molar-refractivity contribution in [2.45, 2.75) is 38.1 Å². The zero-order valence-corrected chi connectivity index (χ0v) is 24.2. The van der Waals surface area contributed by atoms with Crippen LogP contribution in [-0.2, 0) is 16.1 Å². The number of fused-ring (bicyclic) bond motifs is 1. The lowest BCUT2D eigenvalue weighted by Crippen LogP contribution is -2.33. The smallest absolute Gasteiger partial charge is 0.247 e. The maximum Gasteiger partial charge on any atom is 0.247 e. The van der Waals surface area contributed by atoms with Crippen molar-refractivity contribution in [2.75, 3.05) is 29.8 Å². The maximum atomic E-state index is 13.6. The van der Waals surface area contributed by atoms with Gasteiger partial charge in [-0.25, -0.2) is 15.0 Å². The fourth-order valence-electron chi connectivity index (χ4n) is 5.38. The number of rotatable bonds is 9. The maximum absolute atomic E-state index is 13.6. The van der Waals surface area contributed by atoms with Gasteiger partial charge in [-0.15, -0.1) is 0 Å². The average molecular weight is 582 g/mol. The van der Waals surface area contributed by atoms with Crippen LogP contribution in [0, 0.1) is 5.92 Å². The van der Waals surface area contributed by atoms with Crippen molar-refractivity contribution in [3.63, 3.8) is 0 Å². The molecule has 0 saturated heterocycles. The van der Waals surface area contributed by atoms with Gasteiger partial charge in [-0.2, -0.15) is 0 Å². The first-order valence-corrected chi connectivity index (χ1v) is 14.0. The molecule has 0 spiro atoms. The van der Waals surface area contributed by atoms with E-state index < -0.39 is 0 Å². The topological polar surface area (TPSA) is 144 Å². The summed E-state index contributed by atoms with van der Waals surface area (Å²) in [6, 6.07) is 12.7. The van der Waals surface area contributed by atoms with E-state index in [4.69, 9.17) is 20.2 Å². The number of nitrogens with zero attached hydrogens (tertiary/aromatic N) is 4. The number of nitrogens with one attached hydrogen (secondary N) is 2. The van der Waals surface area contributed by atoms with Crippen LogP contribution in [0.1, 0.15) is 42.9 Å². The van der Waals surface area contributed by atoms with Crippen LogP contribution < -0.4 is 30.7 Å². The molecule has 4 N–H and O–H groups in total. The Labute approximate surface area is 250 Å². The Bertz CT molecular complexity index is 1560. The summed E-state index contributed by atoms with van der Waals surface area (Å²) in [4.78, 5) is 41.2. The van der Waals surface area contributed by atoms with E-state index in [0.29, 0.717) is 53.2 Å². The van der Waals surface area contributed by atoms with Gasteiger partial charge in [-0.3, -0.25) is 9.59 Å². The lowest BCUT2D eigenvalue weighted by molar-refractivity contribution is -0.119. The first kappa shape index (κ1) is 29.3. The van der Waals surface area contributed by atoms with Crippen molar-refractivity contribution in [2.24, 2.45) is 16.6 Å². The third-order valence-electron chi connectivity index (χ3n) is 7.53. The lowest BCUT2D eigenvalue weighted by atomic mass is 9.83. The zero-order chi connectivity index (χ0) is 30.3. The minimum Gasteiger partial charge on any atom is -0.497 e. The van der Waals surface area contributed by atoms with E-state index in [1.807, 2.05) is 42.6 Å². The number of nitrogens with two attached hydrogens (primary N) is 1. The van der Waals surface area contributed by atoms with Gasteiger partial charge in [-0.05, 0) is 49.5 Å². The van der Waals surface area contributed by atoms with E-state index >= 15 is 0 Å². The Morgan fingerprint density at radius 1 is 1.16 bits per heavy atom. The molecule has 11 nitrogen and oxygen atoms in total. The first-order chi connectivity index (χ1) is 20.9. The van der Waals surface area contributed by atoms with E-state index in [2.05, 4.69) is 27.2 Å². The standard InChI is InChI=1S/C32H35N7O4/c1-4-29(40)36-26-7-5-6-8-27(26)37-32-35-18-22-19-39(23-15-24(42-2)17-25(16-23)43-3)30(41)10-9-21(31(22)38-32)13-20-11-12-34-28(33)14-20/h4-8,12,14-18,20-21H,1,9-11,13,19,33H2,2-3H3,(H,36,40)(H,35,37,38). The summed E-state index contributed by atoms with van der Waals surface area (Å²) < 4.78 is 10.9. The second-order valence-corrected chi connectivity index (χ2v) is 10.4. The van der Waals surface area contributed by atoms with E-state index in [1.165, 1.54) is 6.08 Å². The van der Waals surface area contributed by atoms with Crippen molar-refractivity contribution in [1.29, 1.82) is 0 Å². The minimum absolute atomic E-state index is 0.0136. The van der Waals surface area contributed by atoms with Crippen LogP contribution in [0.15, 0.2) is 78.2 Å². The fraction of sp³-hybridized carbons (Fsp3) is 0.281. The van der Waals surface area contributed by atoms with Crippen molar-refractivity contribution in [3.8, 4) is 11.5 Å². The highest BCUT2D eigenvalue weighted by Crippen LogP contribution is 2.38. The summed E-state index contributed by atoms with van der Waals surface area (Å²) >= 11 is 0. The molecule has 3 heterocycles. The number of carbonyl (C=O) groups excluding carboxylic acids is 2. The van der Waals surface area contributed by atoms with Gasteiger partial charge in [0.15, 0.2) is 0 Å². The molecule has 0 bridgehead atoms. The largest absolute Gasteiger partial charge is 0.497 e. The SMILES string of the molecule is C=CC(=O)Nc1ccccc1Nc1ncc2c(n1)C(CC1C=C(N)N=CC1)CCC(=O)N(c1cc(OC)cc(OC)c1)C2. The summed E-state index contributed by atoms with van der Waals surface area (Å²) in [5.41, 5.74) is 9.58. The highest BCUT2D eigenvalue weighted by Gasteiger charge is 2.30. The lowest BCUT2D eigenvalue weighted by Gasteiger charge is -2.31. The summed E-state index contributed by atoms with van der Waals surface area (Å²) in [6.07, 6.45) is 9.23. The van der Waals surface area contributed by atoms with Gasteiger partial charge in [0.25, 0.3) is 0 Å². The van der Waals surface area contributed by atoms with Gasteiger partial charge in [0.2, 0.25) is 17.8 Å². The molecular weight excluding hydrogens is 546 g/mol. The third-order valence-corrected chi connectivity index (χ3v) is 7.53. The number of aromatic nitrogens is 2. The number of hydrogen-bond acceptors (Lipinski definition) is 9. The van der Waals surface area contributed by atoms with E-state index in [0.717, 1.165) is 24.1 Å². The molecule has 0 radical (unpaired) electrons. The Morgan fingerprint density at radius 2 is 1.91 bits per heavy atom. The Kier molecular flexibility index (Phi) is 8.99. The predicted molar refractivity (Wildman–Crippen MR) is 167 cm³/mol. The molecule has 2 aromatic carbocycles. The van der Waals surface area contributed by atoms with Crippen LogP contribution in [-0.4, -0.2) is 42.2 Å². The van der Waals surface area contributed by atoms with Gasteiger partial charge in [0, 0.05) is 48.5 Å². The number of aliphatic imine (C=N–C) groups is 1. The van der Waals surface area contributed by atoms with Crippen molar-refractivity contribution < 1.29 is 19.1 Å². The molecule has 0 aliphatic carbocycles. The Balaban J connectivity index is 1.52. The van der Waals surface area contributed by atoms with Crippen molar-refractivity contribution in [3.05, 3.63) is 84.5 Å². The van der Waals surface area contributed by atoms with E-state index in [1.54, 1.807) is 37.4 Å². The third kappa shape index (κ3) is 7.00. The quantitative estimate of drug-likeness (QED) is 0.298. The molecule has 2 aliphatic rings. The molecule has 0 saturated carbocycles. The molecule has 1 aromatic heterocycles. The van der Waals surface area contributed by atoms with Crippen LogP contribution in [0.3, 0.4) is 0 Å². The van der Waals surface area contributed by atoms with Crippen LogP contribution in [0.2, 0.25) is 0 Å². The van der Waals surface area contributed by atoms with Crippen LogP contribution >= 0.6 is 0 Å². The molecule has 0 fully saturated rings. The highest BCUT2D eigenvalue weighted by molar-refractivity contribution is 6.01. The molecule has 43 heavy (non-hydrogen) atoms. The van der Waals surface area contributed by atoms with Crippen molar-refractivity contribution in [1.82, 2.24) is 9.97 Å². The number of ether oxygens (including phenoxy) is 2. The van der Waals surface area contributed by atoms with Gasteiger partial charge in [0.1, 0.15) is 17.3 Å². The van der Waals surface area contributed by atoms with Crippen LogP contribution in [0.25, 0.3) is 0 Å².